The van der Waals surface area contributed by atoms with Gasteiger partial charge in [-0.1, -0.05) is 13.8 Å². The Morgan fingerprint density at radius 1 is 1.32 bits per heavy atom. The molecule has 0 spiro atoms. The molecule has 1 saturated carbocycles. The summed E-state index contributed by atoms with van der Waals surface area (Å²) in [5.74, 6) is 1.96. The van der Waals surface area contributed by atoms with Crippen LogP contribution in [-0.4, -0.2) is 35.8 Å². The SMILES string of the molecule is COc1cccnc1C1(C)CC(C)C2C(C1)C(C)(C)ON2C. The highest BCUT2D eigenvalue weighted by Gasteiger charge is 2.56. The Morgan fingerprint density at radius 2 is 2.05 bits per heavy atom. The Morgan fingerprint density at radius 3 is 2.73 bits per heavy atom. The van der Waals surface area contributed by atoms with E-state index in [-0.39, 0.29) is 11.0 Å². The quantitative estimate of drug-likeness (QED) is 0.838. The third-order valence-electron chi connectivity index (χ3n) is 5.69. The van der Waals surface area contributed by atoms with Crippen LogP contribution in [0.4, 0.5) is 0 Å². The van der Waals surface area contributed by atoms with Crippen LogP contribution in [-0.2, 0) is 10.3 Å². The number of methoxy groups -OCH3 is 1. The third-order valence-corrected chi connectivity index (χ3v) is 5.69. The highest BCUT2D eigenvalue weighted by molar-refractivity contribution is 5.34. The maximum atomic E-state index is 6.13. The summed E-state index contributed by atoms with van der Waals surface area (Å²) in [6.07, 6.45) is 4.06. The second kappa shape index (κ2) is 5.20. The fraction of sp³-hybridized carbons (Fsp3) is 0.722. The molecule has 122 valence electrons. The molecule has 1 saturated heterocycles. The molecule has 0 bridgehead atoms. The van der Waals surface area contributed by atoms with Crippen LogP contribution in [0.2, 0.25) is 0 Å². The maximum Gasteiger partial charge on any atom is 0.140 e. The van der Waals surface area contributed by atoms with Crippen molar-refractivity contribution in [2.24, 2.45) is 11.8 Å². The molecule has 4 heteroatoms. The Kier molecular flexibility index (Phi) is 3.73. The van der Waals surface area contributed by atoms with Gasteiger partial charge in [0, 0.05) is 30.6 Å². The number of hydroxylamine groups is 2. The minimum atomic E-state index is -0.128. The van der Waals surface area contributed by atoms with Crippen LogP contribution in [0.25, 0.3) is 0 Å². The van der Waals surface area contributed by atoms with Crippen LogP contribution < -0.4 is 4.74 Å². The smallest absolute Gasteiger partial charge is 0.140 e. The van der Waals surface area contributed by atoms with Crippen molar-refractivity contribution in [3.8, 4) is 5.75 Å². The van der Waals surface area contributed by atoms with E-state index in [9.17, 15) is 0 Å². The zero-order valence-corrected chi connectivity index (χ0v) is 14.6. The van der Waals surface area contributed by atoms with Gasteiger partial charge < -0.3 is 4.74 Å². The largest absolute Gasteiger partial charge is 0.495 e. The fourth-order valence-electron chi connectivity index (χ4n) is 4.89. The monoisotopic (exact) mass is 304 g/mol. The molecular formula is C18H28N2O2. The minimum absolute atomic E-state index is 0.0268. The summed E-state index contributed by atoms with van der Waals surface area (Å²) < 4.78 is 5.58. The third kappa shape index (κ3) is 2.33. The number of fused-ring (bicyclic) bond motifs is 1. The average Bonchev–Trinajstić information content (AvgIpc) is 2.68. The molecule has 1 aliphatic heterocycles. The lowest BCUT2D eigenvalue weighted by Crippen LogP contribution is -2.48. The van der Waals surface area contributed by atoms with Gasteiger partial charge in [-0.3, -0.25) is 9.82 Å². The van der Waals surface area contributed by atoms with Gasteiger partial charge in [0.2, 0.25) is 0 Å². The molecule has 1 aromatic heterocycles. The molecule has 4 unspecified atom stereocenters. The van der Waals surface area contributed by atoms with Crippen molar-refractivity contribution in [3.63, 3.8) is 0 Å². The fourth-order valence-corrected chi connectivity index (χ4v) is 4.89. The van der Waals surface area contributed by atoms with Crippen LogP contribution in [0.1, 0.15) is 46.2 Å². The summed E-state index contributed by atoms with van der Waals surface area (Å²) in [7, 11) is 3.81. The van der Waals surface area contributed by atoms with Crippen molar-refractivity contribution in [3.05, 3.63) is 24.0 Å². The lowest BCUT2D eigenvalue weighted by atomic mass is 9.60. The number of rotatable bonds is 2. The first kappa shape index (κ1) is 15.8. The van der Waals surface area contributed by atoms with E-state index in [1.807, 2.05) is 18.3 Å². The van der Waals surface area contributed by atoms with Crippen molar-refractivity contribution >= 4 is 0 Å². The van der Waals surface area contributed by atoms with Gasteiger partial charge in [-0.05, 0) is 44.7 Å². The molecule has 4 atom stereocenters. The first-order valence-electron chi connectivity index (χ1n) is 8.20. The maximum absolute atomic E-state index is 6.13. The van der Waals surface area contributed by atoms with E-state index >= 15 is 0 Å². The molecule has 2 heterocycles. The van der Waals surface area contributed by atoms with E-state index in [0.29, 0.717) is 17.9 Å². The highest BCUT2D eigenvalue weighted by Crippen LogP contribution is 2.53. The van der Waals surface area contributed by atoms with Crippen LogP contribution in [0.5, 0.6) is 5.75 Å². The number of nitrogens with zero attached hydrogens (tertiary/aromatic N) is 2. The molecule has 4 nitrogen and oxygen atoms in total. The molecule has 2 aliphatic rings. The van der Waals surface area contributed by atoms with Gasteiger partial charge in [0.05, 0.1) is 18.4 Å². The second-order valence-corrected chi connectivity index (χ2v) is 7.84. The van der Waals surface area contributed by atoms with Gasteiger partial charge >= 0.3 is 0 Å². The number of hydrogen-bond acceptors (Lipinski definition) is 4. The molecule has 1 aromatic rings. The molecule has 0 amide bonds. The summed E-state index contributed by atoms with van der Waals surface area (Å²) >= 11 is 0. The molecular weight excluding hydrogens is 276 g/mol. The van der Waals surface area contributed by atoms with Crippen LogP contribution >= 0.6 is 0 Å². The van der Waals surface area contributed by atoms with Crippen molar-refractivity contribution in [2.75, 3.05) is 14.2 Å². The Balaban J connectivity index is 2.00. The van der Waals surface area contributed by atoms with Crippen molar-refractivity contribution in [2.45, 2.75) is 57.6 Å². The van der Waals surface area contributed by atoms with Gasteiger partial charge in [0.25, 0.3) is 0 Å². The van der Waals surface area contributed by atoms with Gasteiger partial charge in [-0.15, -0.1) is 0 Å². The summed E-state index contributed by atoms with van der Waals surface area (Å²) in [6.45, 7) is 9.09. The summed E-state index contributed by atoms with van der Waals surface area (Å²) in [6, 6.07) is 4.45. The molecule has 1 aliphatic carbocycles. The van der Waals surface area contributed by atoms with Crippen molar-refractivity contribution in [1.82, 2.24) is 10.0 Å². The van der Waals surface area contributed by atoms with E-state index in [2.05, 4.69) is 44.8 Å². The van der Waals surface area contributed by atoms with Gasteiger partial charge in [-0.2, -0.15) is 5.06 Å². The molecule has 2 fully saturated rings. The molecule has 3 rings (SSSR count). The minimum Gasteiger partial charge on any atom is -0.495 e. The summed E-state index contributed by atoms with van der Waals surface area (Å²) in [4.78, 5) is 10.8. The van der Waals surface area contributed by atoms with E-state index in [1.165, 1.54) is 0 Å². The first-order chi connectivity index (χ1) is 10.3. The molecule has 0 N–H and O–H groups in total. The van der Waals surface area contributed by atoms with Crippen molar-refractivity contribution in [1.29, 1.82) is 0 Å². The zero-order chi connectivity index (χ0) is 16.1. The lowest BCUT2D eigenvalue weighted by Gasteiger charge is -2.46. The van der Waals surface area contributed by atoms with Gasteiger partial charge in [-0.25, -0.2) is 0 Å². The topological polar surface area (TPSA) is 34.6 Å². The lowest BCUT2D eigenvalue weighted by molar-refractivity contribution is -0.182. The molecule has 0 aromatic carbocycles. The number of pyridine rings is 1. The first-order valence-corrected chi connectivity index (χ1v) is 8.20. The van der Waals surface area contributed by atoms with Crippen LogP contribution in [0.3, 0.4) is 0 Å². The highest BCUT2D eigenvalue weighted by atomic mass is 16.7. The number of hydrogen-bond donors (Lipinski definition) is 0. The van der Waals surface area contributed by atoms with E-state index in [0.717, 1.165) is 24.3 Å². The van der Waals surface area contributed by atoms with E-state index in [4.69, 9.17) is 9.57 Å². The number of aromatic nitrogens is 1. The molecule has 0 radical (unpaired) electrons. The number of ether oxygens (including phenoxy) is 1. The van der Waals surface area contributed by atoms with Gasteiger partial charge in [0.1, 0.15) is 5.75 Å². The Labute approximate surface area is 133 Å². The van der Waals surface area contributed by atoms with Crippen LogP contribution in [0.15, 0.2) is 18.3 Å². The Hall–Kier alpha value is -1.13. The summed E-state index contributed by atoms with van der Waals surface area (Å²) in [5.41, 5.74) is 0.990. The summed E-state index contributed by atoms with van der Waals surface area (Å²) in [5, 5.41) is 2.09. The predicted molar refractivity (Wildman–Crippen MR) is 86.7 cm³/mol. The van der Waals surface area contributed by atoms with E-state index in [1.54, 1.807) is 7.11 Å². The van der Waals surface area contributed by atoms with E-state index < -0.39 is 0 Å². The van der Waals surface area contributed by atoms with Crippen LogP contribution in [0, 0.1) is 11.8 Å². The normalized spacial score (nSPS) is 37.8. The zero-order valence-electron chi connectivity index (χ0n) is 14.6. The van der Waals surface area contributed by atoms with Gasteiger partial charge in [0.15, 0.2) is 0 Å². The Bertz CT molecular complexity index is 560. The standard InChI is InChI=1S/C18H28N2O2/c1-12-10-18(4,16-14(21-6)8-7-9-19-16)11-13-15(12)20(5)22-17(13,2)3/h7-9,12-13,15H,10-11H2,1-6H3. The van der Waals surface area contributed by atoms with Crippen molar-refractivity contribution < 1.29 is 9.57 Å². The second-order valence-electron chi connectivity index (χ2n) is 7.84. The average molecular weight is 304 g/mol. The predicted octanol–water partition coefficient (Wildman–Crippen LogP) is 3.42. The molecule has 22 heavy (non-hydrogen) atoms.